The fourth-order valence-electron chi connectivity index (χ4n) is 0.379. The van der Waals surface area contributed by atoms with Gasteiger partial charge in [-0.15, -0.1) is 0 Å². The van der Waals surface area contributed by atoms with E-state index in [0.717, 1.165) is 0 Å². The van der Waals surface area contributed by atoms with Crippen LogP contribution in [0.15, 0.2) is 10.2 Å². The van der Waals surface area contributed by atoms with Gasteiger partial charge in [-0.1, -0.05) is 0 Å². The summed E-state index contributed by atoms with van der Waals surface area (Å²) in [5.41, 5.74) is 4.38. The summed E-state index contributed by atoms with van der Waals surface area (Å²) in [5, 5.41) is 22.8. The Bertz CT molecular complexity index is 247. The Balaban J connectivity index is 4.76. The van der Waals surface area contributed by atoms with Crippen molar-refractivity contribution in [2.75, 3.05) is 0 Å². The highest BCUT2D eigenvalue weighted by atomic mass is 15.2. The van der Waals surface area contributed by atoms with Gasteiger partial charge in [-0.05, 0) is 34.6 Å². The van der Waals surface area contributed by atoms with Crippen LogP contribution in [0.2, 0.25) is 0 Å². The van der Waals surface area contributed by atoms with E-state index in [0.29, 0.717) is 5.71 Å². The normalized spacial score (nSPS) is 13.2. The molecule has 5 heteroatoms. The maximum atomic E-state index is 7.47. The molecule has 5 nitrogen and oxygen atoms in total. The standard InChI is InChI=1S/C9H19N5/c1-6(10)8(2,3)13-14-9(4,5)7(11)12/h10H,1-5H3,(H3,11,12). The van der Waals surface area contributed by atoms with Gasteiger partial charge in [0.25, 0.3) is 0 Å². The Kier molecular flexibility index (Phi) is 3.51. The third-order valence-electron chi connectivity index (χ3n) is 2.13. The largest absolute Gasteiger partial charge is 0.386 e. The molecule has 14 heavy (non-hydrogen) atoms. The number of amidine groups is 1. The van der Waals surface area contributed by atoms with Crippen molar-refractivity contribution < 1.29 is 0 Å². The fourth-order valence-corrected chi connectivity index (χ4v) is 0.379. The molecular formula is C9H19N5. The molecule has 0 aromatic carbocycles. The predicted molar refractivity (Wildman–Crippen MR) is 58.3 cm³/mol. The number of nitrogens with one attached hydrogen (secondary N) is 2. The van der Waals surface area contributed by atoms with E-state index >= 15 is 0 Å². The number of nitrogens with two attached hydrogens (primary N) is 1. The first kappa shape index (κ1) is 12.7. The van der Waals surface area contributed by atoms with Crippen LogP contribution in [0.3, 0.4) is 0 Å². The Morgan fingerprint density at radius 3 is 1.64 bits per heavy atom. The second kappa shape index (κ2) is 3.86. The van der Waals surface area contributed by atoms with Crippen LogP contribution in [0, 0.1) is 10.8 Å². The highest BCUT2D eigenvalue weighted by Crippen LogP contribution is 2.16. The zero-order chi connectivity index (χ0) is 11.6. The summed E-state index contributed by atoms with van der Waals surface area (Å²) in [4.78, 5) is 0. The molecule has 0 bridgehead atoms. The topological polar surface area (TPSA) is 98.4 Å². The van der Waals surface area contributed by atoms with Crippen molar-refractivity contribution in [2.24, 2.45) is 16.0 Å². The summed E-state index contributed by atoms with van der Waals surface area (Å²) in [6, 6.07) is 0. The number of azo groups is 1. The van der Waals surface area contributed by atoms with E-state index in [-0.39, 0.29) is 5.84 Å². The average Bonchev–Trinajstić information content (AvgIpc) is 2.01. The van der Waals surface area contributed by atoms with E-state index in [1.54, 1.807) is 34.6 Å². The Morgan fingerprint density at radius 1 is 1.00 bits per heavy atom. The minimum Gasteiger partial charge on any atom is -0.386 e. The average molecular weight is 197 g/mol. The summed E-state index contributed by atoms with van der Waals surface area (Å²) in [6.45, 7) is 8.71. The van der Waals surface area contributed by atoms with E-state index in [9.17, 15) is 0 Å². The second-order valence-corrected chi connectivity index (χ2v) is 4.36. The third kappa shape index (κ3) is 3.24. The van der Waals surface area contributed by atoms with Gasteiger partial charge >= 0.3 is 0 Å². The number of hydrogen-bond donors (Lipinski definition) is 3. The predicted octanol–water partition coefficient (Wildman–Crippen LogP) is 1.97. The summed E-state index contributed by atoms with van der Waals surface area (Å²) in [7, 11) is 0. The lowest BCUT2D eigenvalue weighted by atomic mass is 10.0. The molecule has 0 radical (unpaired) electrons. The van der Waals surface area contributed by atoms with Crippen molar-refractivity contribution in [2.45, 2.75) is 45.7 Å². The smallest absolute Gasteiger partial charge is 0.132 e. The lowest BCUT2D eigenvalue weighted by Gasteiger charge is -2.21. The van der Waals surface area contributed by atoms with Crippen molar-refractivity contribution in [3.8, 4) is 0 Å². The summed E-state index contributed by atoms with van der Waals surface area (Å²) < 4.78 is 0. The molecular weight excluding hydrogens is 178 g/mol. The highest BCUT2D eigenvalue weighted by molar-refractivity contribution is 5.88. The molecule has 0 spiro atoms. The van der Waals surface area contributed by atoms with E-state index in [1.807, 2.05) is 0 Å². The molecule has 80 valence electrons. The Labute approximate surface area is 84.8 Å². The minimum atomic E-state index is -0.785. The van der Waals surface area contributed by atoms with Crippen molar-refractivity contribution in [3.05, 3.63) is 0 Å². The lowest BCUT2D eigenvalue weighted by Crippen LogP contribution is -2.36. The molecule has 0 aliphatic heterocycles. The van der Waals surface area contributed by atoms with Crippen molar-refractivity contribution in [1.82, 2.24) is 0 Å². The monoisotopic (exact) mass is 197 g/mol. The molecule has 0 fully saturated rings. The van der Waals surface area contributed by atoms with Crippen molar-refractivity contribution in [1.29, 1.82) is 10.8 Å². The van der Waals surface area contributed by atoms with Gasteiger partial charge in [0, 0.05) is 5.71 Å². The molecule has 0 unspecified atom stereocenters. The van der Waals surface area contributed by atoms with E-state index in [2.05, 4.69) is 10.2 Å². The first-order valence-corrected chi connectivity index (χ1v) is 4.44. The van der Waals surface area contributed by atoms with Crippen LogP contribution in [0.1, 0.15) is 34.6 Å². The third-order valence-corrected chi connectivity index (χ3v) is 2.13. The molecule has 0 saturated carbocycles. The van der Waals surface area contributed by atoms with Crippen LogP contribution in [0.4, 0.5) is 0 Å². The quantitative estimate of drug-likeness (QED) is 0.358. The molecule has 0 heterocycles. The lowest BCUT2D eigenvalue weighted by molar-refractivity contribution is 0.558. The van der Waals surface area contributed by atoms with E-state index in [4.69, 9.17) is 16.6 Å². The molecule has 0 saturated heterocycles. The van der Waals surface area contributed by atoms with E-state index in [1.165, 1.54) is 0 Å². The zero-order valence-electron chi connectivity index (χ0n) is 9.47. The summed E-state index contributed by atoms with van der Waals surface area (Å²) in [5.74, 6) is -0.0281. The summed E-state index contributed by atoms with van der Waals surface area (Å²) in [6.07, 6.45) is 0. The molecule has 0 aliphatic carbocycles. The van der Waals surface area contributed by atoms with E-state index < -0.39 is 11.1 Å². The van der Waals surface area contributed by atoms with Crippen LogP contribution >= 0.6 is 0 Å². The van der Waals surface area contributed by atoms with Crippen LogP contribution in [-0.2, 0) is 0 Å². The van der Waals surface area contributed by atoms with Crippen molar-refractivity contribution >= 4 is 11.5 Å². The first-order chi connectivity index (χ1) is 6.09. The van der Waals surface area contributed by atoms with Gasteiger partial charge < -0.3 is 11.1 Å². The van der Waals surface area contributed by atoms with Gasteiger partial charge in [-0.2, -0.15) is 10.2 Å². The van der Waals surface area contributed by atoms with Crippen LogP contribution in [-0.4, -0.2) is 22.6 Å². The number of rotatable bonds is 4. The maximum absolute atomic E-state index is 7.47. The molecule has 0 rings (SSSR count). The van der Waals surface area contributed by atoms with Gasteiger partial charge in [-0.3, -0.25) is 5.41 Å². The number of hydrogen-bond acceptors (Lipinski definition) is 4. The van der Waals surface area contributed by atoms with Crippen LogP contribution < -0.4 is 5.73 Å². The molecule has 0 aromatic heterocycles. The van der Waals surface area contributed by atoms with Crippen molar-refractivity contribution in [3.63, 3.8) is 0 Å². The van der Waals surface area contributed by atoms with Gasteiger partial charge in [0.2, 0.25) is 0 Å². The Hall–Kier alpha value is -1.26. The highest BCUT2D eigenvalue weighted by Gasteiger charge is 2.24. The first-order valence-electron chi connectivity index (χ1n) is 4.44. The fraction of sp³-hybridized carbons (Fsp3) is 0.778. The van der Waals surface area contributed by atoms with Crippen LogP contribution in [0.25, 0.3) is 0 Å². The zero-order valence-corrected chi connectivity index (χ0v) is 9.47. The molecule has 0 aromatic rings. The van der Waals surface area contributed by atoms with Gasteiger partial charge in [0.1, 0.15) is 16.9 Å². The Morgan fingerprint density at radius 2 is 1.36 bits per heavy atom. The molecule has 0 amide bonds. The number of nitrogens with zero attached hydrogens (tertiary/aromatic N) is 2. The summed E-state index contributed by atoms with van der Waals surface area (Å²) >= 11 is 0. The second-order valence-electron chi connectivity index (χ2n) is 4.36. The van der Waals surface area contributed by atoms with Gasteiger partial charge in [0.05, 0.1) is 0 Å². The van der Waals surface area contributed by atoms with Crippen LogP contribution in [0.5, 0.6) is 0 Å². The molecule has 0 atom stereocenters. The molecule has 0 aliphatic rings. The van der Waals surface area contributed by atoms with Gasteiger partial charge in [-0.25, -0.2) is 0 Å². The SMILES string of the molecule is CC(=N)C(C)(C)N=NC(C)(C)C(=N)N. The van der Waals surface area contributed by atoms with Gasteiger partial charge in [0.15, 0.2) is 0 Å². The maximum Gasteiger partial charge on any atom is 0.132 e. The minimum absolute atomic E-state index is 0.0281. The molecule has 4 N–H and O–H groups in total.